The van der Waals surface area contributed by atoms with Crippen molar-refractivity contribution in [3.05, 3.63) is 113 Å². The average molecular weight is 447 g/mol. The molecule has 0 unspecified atom stereocenters. The molecule has 4 heterocycles. The van der Waals surface area contributed by atoms with Crippen molar-refractivity contribution >= 4 is 15.9 Å². The predicted octanol–water partition coefficient (Wildman–Crippen LogP) is 4.61. The fourth-order valence-electron chi connectivity index (χ4n) is 3.57. The van der Waals surface area contributed by atoms with Crippen LogP contribution < -0.4 is 4.74 Å². The van der Waals surface area contributed by atoms with Gasteiger partial charge in [0.2, 0.25) is 5.88 Å². The number of methoxy groups -OCH3 is 1. The third kappa shape index (κ3) is 3.89. The van der Waals surface area contributed by atoms with E-state index in [0.717, 1.165) is 27.1 Å². The van der Waals surface area contributed by atoms with E-state index < -0.39 is 5.41 Å². The molecule has 0 saturated heterocycles. The van der Waals surface area contributed by atoms with Gasteiger partial charge in [0.15, 0.2) is 0 Å². The first-order valence-corrected chi connectivity index (χ1v) is 9.95. The summed E-state index contributed by atoms with van der Waals surface area (Å²) in [4.78, 5) is 18.3. The Morgan fingerprint density at radius 1 is 0.828 bits per heavy atom. The SMILES string of the molecule is COc1cccc(C(Cc2cccc(Br)n2)(c2cccnc2)c2cccnc2)n1. The van der Waals surface area contributed by atoms with E-state index >= 15 is 0 Å². The maximum absolute atomic E-state index is 5.43. The van der Waals surface area contributed by atoms with Crippen LogP contribution in [0.25, 0.3) is 0 Å². The number of nitrogens with zero attached hydrogens (tertiary/aromatic N) is 4. The zero-order chi connectivity index (χ0) is 20.1. The molecule has 4 aromatic heterocycles. The molecule has 29 heavy (non-hydrogen) atoms. The summed E-state index contributed by atoms with van der Waals surface area (Å²) in [6, 6.07) is 19.8. The first-order chi connectivity index (χ1) is 14.2. The zero-order valence-electron chi connectivity index (χ0n) is 15.9. The zero-order valence-corrected chi connectivity index (χ0v) is 17.5. The van der Waals surface area contributed by atoms with Crippen LogP contribution in [-0.2, 0) is 11.8 Å². The van der Waals surface area contributed by atoms with E-state index in [1.807, 2.05) is 60.9 Å². The van der Waals surface area contributed by atoms with Gasteiger partial charge in [-0.15, -0.1) is 0 Å². The molecular formula is C23H19BrN4O. The van der Waals surface area contributed by atoms with Crippen molar-refractivity contribution in [1.82, 2.24) is 19.9 Å². The summed E-state index contributed by atoms with van der Waals surface area (Å²) in [5.41, 5.74) is 3.16. The standard InChI is InChI=1S/C23H19BrN4O/c1-29-22-11-3-9-20(28-22)23(17-6-4-12-25-15-17,18-7-5-13-26-16-18)14-19-8-2-10-21(24)27-19/h2-13,15-16H,14H2,1H3. The minimum Gasteiger partial charge on any atom is -0.481 e. The maximum atomic E-state index is 5.43. The smallest absolute Gasteiger partial charge is 0.213 e. The van der Waals surface area contributed by atoms with Crippen molar-refractivity contribution in [2.24, 2.45) is 0 Å². The van der Waals surface area contributed by atoms with Crippen molar-refractivity contribution in [3.63, 3.8) is 0 Å². The Bertz CT molecular complexity index is 1050. The molecule has 0 aromatic carbocycles. The number of halogens is 1. The van der Waals surface area contributed by atoms with Crippen molar-refractivity contribution in [2.45, 2.75) is 11.8 Å². The molecule has 0 aliphatic rings. The van der Waals surface area contributed by atoms with Crippen molar-refractivity contribution in [3.8, 4) is 5.88 Å². The lowest BCUT2D eigenvalue weighted by atomic mass is 9.69. The largest absolute Gasteiger partial charge is 0.481 e. The van der Waals surface area contributed by atoms with Gasteiger partial charge in [-0.25, -0.2) is 9.97 Å². The molecule has 0 fully saturated rings. The highest BCUT2D eigenvalue weighted by Crippen LogP contribution is 2.41. The third-order valence-electron chi connectivity index (χ3n) is 4.90. The number of hydrogen-bond donors (Lipinski definition) is 0. The molecule has 0 saturated carbocycles. The lowest BCUT2D eigenvalue weighted by Gasteiger charge is -2.34. The molecule has 5 nitrogen and oxygen atoms in total. The molecular weight excluding hydrogens is 428 g/mol. The van der Waals surface area contributed by atoms with Crippen LogP contribution in [0.5, 0.6) is 5.88 Å². The minimum atomic E-state index is -0.634. The van der Waals surface area contributed by atoms with E-state index in [0.29, 0.717) is 12.3 Å². The predicted molar refractivity (Wildman–Crippen MR) is 115 cm³/mol. The molecule has 0 spiro atoms. The van der Waals surface area contributed by atoms with Crippen molar-refractivity contribution in [1.29, 1.82) is 0 Å². The van der Waals surface area contributed by atoms with Gasteiger partial charge in [-0.3, -0.25) is 9.97 Å². The van der Waals surface area contributed by atoms with Gasteiger partial charge in [-0.05, 0) is 57.4 Å². The van der Waals surface area contributed by atoms with E-state index in [2.05, 4.69) is 38.0 Å². The molecule has 0 aliphatic carbocycles. The van der Waals surface area contributed by atoms with Crippen LogP contribution in [-0.4, -0.2) is 27.0 Å². The topological polar surface area (TPSA) is 60.8 Å². The molecule has 144 valence electrons. The van der Waals surface area contributed by atoms with E-state index in [9.17, 15) is 0 Å². The van der Waals surface area contributed by atoms with Crippen LogP contribution >= 0.6 is 15.9 Å². The van der Waals surface area contributed by atoms with Gasteiger partial charge < -0.3 is 4.74 Å². The van der Waals surface area contributed by atoms with Gasteiger partial charge >= 0.3 is 0 Å². The summed E-state index contributed by atoms with van der Waals surface area (Å²) >= 11 is 3.49. The summed E-state index contributed by atoms with van der Waals surface area (Å²) < 4.78 is 6.22. The van der Waals surface area contributed by atoms with Gasteiger partial charge in [0, 0.05) is 43.0 Å². The van der Waals surface area contributed by atoms with Crippen molar-refractivity contribution in [2.75, 3.05) is 7.11 Å². The first kappa shape index (κ1) is 19.2. The number of rotatable bonds is 6. The Morgan fingerprint density at radius 2 is 1.52 bits per heavy atom. The molecule has 0 amide bonds. The number of ether oxygens (including phenoxy) is 1. The number of pyridine rings is 4. The van der Waals surface area contributed by atoms with Crippen LogP contribution in [0, 0.1) is 0 Å². The second kappa shape index (κ2) is 8.49. The molecule has 6 heteroatoms. The highest BCUT2D eigenvalue weighted by atomic mass is 79.9. The van der Waals surface area contributed by atoms with Crippen LogP contribution in [0.1, 0.15) is 22.5 Å². The number of hydrogen-bond acceptors (Lipinski definition) is 5. The maximum Gasteiger partial charge on any atom is 0.213 e. The van der Waals surface area contributed by atoms with Crippen molar-refractivity contribution < 1.29 is 4.74 Å². The molecule has 0 aliphatic heterocycles. The van der Waals surface area contributed by atoms with E-state index in [-0.39, 0.29) is 0 Å². The first-order valence-electron chi connectivity index (χ1n) is 9.16. The average Bonchev–Trinajstić information content (AvgIpc) is 2.79. The summed E-state index contributed by atoms with van der Waals surface area (Å²) in [7, 11) is 1.62. The Kier molecular flexibility index (Phi) is 5.62. The lowest BCUT2D eigenvalue weighted by molar-refractivity contribution is 0.393. The van der Waals surface area contributed by atoms with Crippen LogP contribution in [0.2, 0.25) is 0 Å². The highest BCUT2D eigenvalue weighted by molar-refractivity contribution is 9.10. The van der Waals surface area contributed by atoms with Crippen LogP contribution in [0.4, 0.5) is 0 Å². The Morgan fingerprint density at radius 3 is 2.10 bits per heavy atom. The Labute approximate surface area is 178 Å². The second-order valence-corrected chi connectivity index (χ2v) is 7.39. The molecule has 0 radical (unpaired) electrons. The second-order valence-electron chi connectivity index (χ2n) is 6.58. The van der Waals surface area contributed by atoms with Gasteiger partial charge in [-0.2, -0.15) is 0 Å². The van der Waals surface area contributed by atoms with E-state index in [1.165, 1.54) is 0 Å². The fraction of sp³-hybridized carbons (Fsp3) is 0.130. The highest BCUT2D eigenvalue weighted by Gasteiger charge is 2.39. The van der Waals surface area contributed by atoms with Crippen LogP contribution in [0.3, 0.4) is 0 Å². The van der Waals surface area contributed by atoms with Gasteiger partial charge in [-0.1, -0.05) is 24.3 Å². The Hall–Kier alpha value is -3.12. The Balaban J connectivity index is 2.02. The van der Waals surface area contributed by atoms with Gasteiger partial charge in [0.1, 0.15) is 4.60 Å². The minimum absolute atomic E-state index is 0.557. The molecule has 0 atom stereocenters. The molecule has 4 rings (SSSR count). The normalized spacial score (nSPS) is 11.2. The third-order valence-corrected chi connectivity index (χ3v) is 5.34. The van der Waals surface area contributed by atoms with Gasteiger partial charge in [0.05, 0.1) is 18.2 Å². The molecule has 0 N–H and O–H groups in total. The quantitative estimate of drug-likeness (QED) is 0.404. The molecule has 4 aromatic rings. The summed E-state index contributed by atoms with van der Waals surface area (Å²) in [6.07, 6.45) is 7.89. The van der Waals surface area contributed by atoms with E-state index in [4.69, 9.17) is 14.7 Å². The van der Waals surface area contributed by atoms with Gasteiger partial charge in [0.25, 0.3) is 0 Å². The van der Waals surface area contributed by atoms with E-state index in [1.54, 1.807) is 19.5 Å². The summed E-state index contributed by atoms with van der Waals surface area (Å²) in [5, 5.41) is 0. The monoisotopic (exact) mass is 446 g/mol. The molecule has 0 bridgehead atoms. The van der Waals surface area contributed by atoms with Crippen LogP contribution in [0.15, 0.2) is 90.1 Å². The summed E-state index contributed by atoms with van der Waals surface area (Å²) in [6.45, 7) is 0. The lowest BCUT2D eigenvalue weighted by Crippen LogP contribution is -2.34. The number of aromatic nitrogens is 4. The summed E-state index contributed by atoms with van der Waals surface area (Å²) in [5.74, 6) is 0.557. The fourth-order valence-corrected chi connectivity index (χ4v) is 3.95.